The minimum Gasteiger partial charge on any atom is -0.485 e. The van der Waals surface area contributed by atoms with Crippen LogP contribution in [0.15, 0.2) is 48.5 Å². The third kappa shape index (κ3) is 4.52. The van der Waals surface area contributed by atoms with E-state index in [1.54, 1.807) is 24.3 Å². The topological polar surface area (TPSA) is 59.0 Å². The zero-order valence-corrected chi connectivity index (χ0v) is 14.6. The first kappa shape index (κ1) is 18.2. The van der Waals surface area contributed by atoms with E-state index in [9.17, 15) is 14.3 Å². The van der Waals surface area contributed by atoms with Gasteiger partial charge in [0.2, 0.25) is 0 Å². The minimum atomic E-state index is -0.787. The molecule has 1 fully saturated rings. The van der Waals surface area contributed by atoms with Crippen LogP contribution in [0.3, 0.4) is 0 Å². The molecule has 1 heterocycles. The number of benzene rings is 2. The van der Waals surface area contributed by atoms with Crippen molar-refractivity contribution in [3.63, 3.8) is 0 Å². The molecule has 2 aromatic carbocycles. The van der Waals surface area contributed by atoms with Crippen molar-refractivity contribution in [2.45, 2.75) is 31.9 Å². The van der Waals surface area contributed by atoms with Gasteiger partial charge in [-0.2, -0.15) is 0 Å². The fraction of sp³-hybridized carbons (Fsp3) is 0.350. The van der Waals surface area contributed by atoms with Crippen molar-refractivity contribution >= 4 is 5.97 Å². The van der Waals surface area contributed by atoms with Crippen LogP contribution in [0.25, 0.3) is 0 Å². The normalized spacial score (nSPS) is 18.5. The monoisotopic (exact) mass is 359 g/mol. The number of para-hydroxylation sites is 2. The summed E-state index contributed by atoms with van der Waals surface area (Å²) in [6.07, 6.45) is 1.33. The molecule has 0 bridgehead atoms. The summed E-state index contributed by atoms with van der Waals surface area (Å²) in [6.45, 7) is 3.17. The number of likely N-dealkylation sites (tertiary alicyclic amines) is 1. The average Bonchev–Trinajstić information content (AvgIpc) is 3.05. The number of aliphatic carboxylic acids is 1. The molecule has 0 aromatic heterocycles. The molecular weight excluding hydrogens is 337 g/mol. The Hall–Kier alpha value is -2.60. The predicted molar refractivity (Wildman–Crippen MR) is 95.2 cm³/mol. The second kappa shape index (κ2) is 8.19. The van der Waals surface area contributed by atoms with Crippen molar-refractivity contribution in [2.75, 3.05) is 13.1 Å². The largest absolute Gasteiger partial charge is 0.485 e. The molecule has 1 aliphatic heterocycles. The zero-order chi connectivity index (χ0) is 18.5. The summed E-state index contributed by atoms with van der Waals surface area (Å²) in [7, 11) is 0. The van der Waals surface area contributed by atoms with Gasteiger partial charge in [-0.1, -0.05) is 18.2 Å². The van der Waals surface area contributed by atoms with Gasteiger partial charge in [0.1, 0.15) is 23.7 Å². The van der Waals surface area contributed by atoms with Crippen LogP contribution in [0.4, 0.5) is 4.39 Å². The molecular formula is C20H22FNO4. The van der Waals surface area contributed by atoms with Crippen LogP contribution in [0, 0.1) is 5.82 Å². The molecule has 0 unspecified atom stereocenters. The molecule has 0 saturated carbocycles. The molecule has 0 amide bonds. The van der Waals surface area contributed by atoms with Gasteiger partial charge < -0.3 is 14.6 Å². The van der Waals surface area contributed by atoms with Crippen molar-refractivity contribution in [1.82, 2.24) is 4.90 Å². The van der Waals surface area contributed by atoms with E-state index >= 15 is 0 Å². The lowest BCUT2D eigenvalue weighted by Gasteiger charge is -2.25. The van der Waals surface area contributed by atoms with Crippen LogP contribution in [0.2, 0.25) is 0 Å². The lowest BCUT2D eigenvalue weighted by molar-refractivity contribution is -0.142. The minimum absolute atomic E-state index is 0.216. The highest BCUT2D eigenvalue weighted by Crippen LogP contribution is 2.32. The van der Waals surface area contributed by atoms with E-state index < -0.39 is 12.0 Å². The molecule has 138 valence electrons. The average molecular weight is 359 g/mol. The Balaban J connectivity index is 1.67. The van der Waals surface area contributed by atoms with Gasteiger partial charge in [0.15, 0.2) is 11.5 Å². The van der Waals surface area contributed by atoms with Gasteiger partial charge in [0.05, 0.1) is 0 Å². The number of hydrogen-bond acceptors (Lipinski definition) is 4. The quantitative estimate of drug-likeness (QED) is 0.812. The predicted octanol–water partition coefficient (Wildman–Crippen LogP) is 3.93. The van der Waals surface area contributed by atoms with Gasteiger partial charge in [-0.3, -0.25) is 9.69 Å². The van der Waals surface area contributed by atoms with Gasteiger partial charge in [0.25, 0.3) is 0 Å². The van der Waals surface area contributed by atoms with Crippen molar-refractivity contribution in [2.24, 2.45) is 0 Å². The maximum Gasteiger partial charge on any atom is 0.320 e. The summed E-state index contributed by atoms with van der Waals surface area (Å²) in [5, 5.41) is 9.28. The Morgan fingerprint density at radius 2 is 2.04 bits per heavy atom. The van der Waals surface area contributed by atoms with E-state index in [1.807, 2.05) is 24.0 Å². The molecule has 26 heavy (non-hydrogen) atoms. The highest BCUT2D eigenvalue weighted by atomic mass is 19.1. The Kier molecular flexibility index (Phi) is 5.73. The summed E-state index contributed by atoms with van der Waals surface area (Å²) in [5.41, 5.74) is 0. The van der Waals surface area contributed by atoms with Crippen molar-refractivity contribution < 1.29 is 23.8 Å². The molecule has 0 spiro atoms. The molecule has 0 radical (unpaired) electrons. The van der Waals surface area contributed by atoms with E-state index in [4.69, 9.17) is 9.47 Å². The molecule has 0 aliphatic carbocycles. The molecule has 2 aromatic rings. The number of rotatable bonds is 7. The third-order valence-electron chi connectivity index (χ3n) is 4.34. The fourth-order valence-corrected chi connectivity index (χ4v) is 3.20. The fourth-order valence-electron chi connectivity index (χ4n) is 3.20. The van der Waals surface area contributed by atoms with Gasteiger partial charge in [-0.15, -0.1) is 0 Å². The van der Waals surface area contributed by atoms with Crippen molar-refractivity contribution in [3.05, 3.63) is 54.3 Å². The van der Waals surface area contributed by atoms with Gasteiger partial charge >= 0.3 is 5.97 Å². The summed E-state index contributed by atoms with van der Waals surface area (Å²) in [6, 6.07) is 12.6. The number of carboxylic acid groups (broad SMARTS) is 1. The lowest BCUT2D eigenvalue weighted by atomic mass is 10.2. The summed E-state index contributed by atoms with van der Waals surface area (Å²) in [5.74, 6) is 0.253. The highest BCUT2D eigenvalue weighted by Gasteiger charge is 2.31. The second-order valence-corrected chi connectivity index (χ2v) is 6.43. The Labute approximate surface area is 152 Å². The molecule has 5 nitrogen and oxygen atoms in total. The van der Waals surface area contributed by atoms with Crippen molar-refractivity contribution in [1.29, 1.82) is 0 Å². The van der Waals surface area contributed by atoms with Crippen LogP contribution < -0.4 is 9.47 Å². The molecule has 3 rings (SSSR count). The van der Waals surface area contributed by atoms with Crippen LogP contribution in [-0.4, -0.2) is 41.2 Å². The summed E-state index contributed by atoms with van der Waals surface area (Å²) in [4.78, 5) is 13.2. The van der Waals surface area contributed by atoms with Gasteiger partial charge in [0, 0.05) is 12.6 Å². The van der Waals surface area contributed by atoms with E-state index in [0.717, 1.165) is 13.0 Å². The zero-order valence-electron chi connectivity index (χ0n) is 14.6. The smallest absolute Gasteiger partial charge is 0.320 e. The van der Waals surface area contributed by atoms with Gasteiger partial charge in [-0.05, 0) is 50.6 Å². The number of carbonyl (C=O) groups is 1. The maximum atomic E-state index is 13.3. The Morgan fingerprint density at radius 1 is 1.27 bits per heavy atom. The van der Waals surface area contributed by atoms with Crippen LogP contribution in [0.5, 0.6) is 17.2 Å². The number of ether oxygens (including phenoxy) is 2. The third-order valence-corrected chi connectivity index (χ3v) is 4.34. The molecule has 1 saturated heterocycles. The SMILES string of the molecule is C[C@H](CN1CCC[C@H]1C(=O)O)Oc1ccccc1Oc1cccc(F)c1. The highest BCUT2D eigenvalue weighted by molar-refractivity contribution is 5.73. The van der Waals surface area contributed by atoms with E-state index in [2.05, 4.69) is 0 Å². The summed E-state index contributed by atoms with van der Waals surface area (Å²) < 4.78 is 25.1. The van der Waals surface area contributed by atoms with Crippen LogP contribution in [0.1, 0.15) is 19.8 Å². The Morgan fingerprint density at radius 3 is 2.77 bits per heavy atom. The maximum absolute atomic E-state index is 13.3. The van der Waals surface area contributed by atoms with Crippen molar-refractivity contribution in [3.8, 4) is 17.2 Å². The first-order valence-corrected chi connectivity index (χ1v) is 8.69. The first-order chi connectivity index (χ1) is 12.5. The van der Waals surface area contributed by atoms with Gasteiger partial charge in [-0.25, -0.2) is 4.39 Å². The number of carboxylic acids is 1. The molecule has 1 aliphatic rings. The lowest BCUT2D eigenvalue weighted by Crippen LogP contribution is -2.41. The number of nitrogens with zero attached hydrogens (tertiary/aromatic N) is 1. The van der Waals surface area contributed by atoms with E-state index in [0.29, 0.717) is 30.2 Å². The number of halogens is 1. The molecule has 2 atom stereocenters. The standard InChI is InChI=1S/C20H22FNO4/c1-14(13-22-11-5-8-17(22)20(23)24)25-18-9-2-3-10-19(18)26-16-7-4-6-15(21)12-16/h2-4,6-7,9-10,12,14,17H,5,8,11,13H2,1H3,(H,23,24)/t14-,17+/m1/s1. The molecule has 6 heteroatoms. The van der Waals surface area contributed by atoms with Crippen LogP contribution in [-0.2, 0) is 4.79 Å². The van der Waals surface area contributed by atoms with E-state index in [1.165, 1.54) is 12.1 Å². The second-order valence-electron chi connectivity index (χ2n) is 6.43. The number of hydrogen-bond donors (Lipinski definition) is 1. The van der Waals surface area contributed by atoms with E-state index in [-0.39, 0.29) is 11.9 Å². The Bertz CT molecular complexity index is 767. The first-order valence-electron chi connectivity index (χ1n) is 8.69. The van der Waals surface area contributed by atoms with Crippen LogP contribution >= 0.6 is 0 Å². The summed E-state index contributed by atoms with van der Waals surface area (Å²) >= 11 is 0. The molecule has 1 N–H and O–H groups in total.